The van der Waals surface area contributed by atoms with Crippen molar-refractivity contribution in [2.45, 2.75) is 25.9 Å². The second-order valence-electron chi connectivity index (χ2n) is 4.50. The molecule has 0 aromatic heterocycles. The molecule has 0 saturated carbocycles. The summed E-state index contributed by atoms with van der Waals surface area (Å²) >= 11 is 0. The third-order valence-electron chi connectivity index (χ3n) is 2.95. The van der Waals surface area contributed by atoms with E-state index in [1.807, 2.05) is 6.92 Å². The highest BCUT2D eigenvalue weighted by Gasteiger charge is 2.10. The Morgan fingerprint density at radius 3 is 3.00 bits per heavy atom. The first kappa shape index (κ1) is 17.0. The zero-order valence-corrected chi connectivity index (χ0v) is 13.9. The molecule has 0 aliphatic carbocycles. The lowest BCUT2D eigenvalue weighted by atomic mass is 10.2. The highest BCUT2D eigenvalue weighted by Crippen LogP contribution is 2.14. The van der Waals surface area contributed by atoms with E-state index >= 15 is 0 Å². The van der Waals surface area contributed by atoms with E-state index in [9.17, 15) is 4.39 Å². The second kappa shape index (κ2) is 8.99. The maximum absolute atomic E-state index is 13.1. The molecular formula is C14H21FIN3O. The van der Waals surface area contributed by atoms with Gasteiger partial charge in [-0.25, -0.2) is 4.39 Å². The van der Waals surface area contributed by atoms with E-state index in [-0.39, 0.29) is 35.9 Å². The van der Waals surface area contributed by atoms with Crippen LogP contribution >= 0.6 is 24.0 Å². The summed E-state index contributed by atoms with van der Waals surface area (Å²) < 4.78 is 18.8. The molecule has 6 heteroatoms. The lowest BCUT2D eigenvalue weighted by Gasteiger charge is -2.21. The Morgan fingerprint density at radius 2 is 2.35 bits per heavy atom. The van der Waals surface area contributed by atoms with Gasteiger partial charge in [-0.1, -0.05) is 13.0 Å². The number of nitrogens with one attached hydrogen (secondary N) is 2. The van der Waals surface area contributed by atoms with Gasteiger partial charge in [0.25, 0.3) is 0 Å². The molecular weight excluding hydrogens is 372 g/mol. The second-order valence-corrected chi connectivity index (χ2v) is 4.50. The van der Waals surface area contributed by atoms with E-state index in [1.54, 1.807) is 12.1 Å². The van der Waals surface area contributed by atoms with Gasteiger partial charge < -0.3 is 15.4 Å². The van der Waals surface area contributed by atoms with Crippen molar-refractivity contribution >= 4 is 29.9 Å². The Bertz CT molecular complexity index is 442. The Labute approximate surface area is 136 Å². The first-order chi connectivity index (χ1) is 9.28. The van der Waals surface area contributed by atoms with Crippen molar-refractivity contribution in [3.63, 3.8) is 0 Å². The molecule has 0 saturated heterocycles. The van der Waals surface area contributed by atoms with E-state index in [4.69, 9.17) is 4.74 Å². The third kappa shape index (κ3) is 5.52. The molecule has 1 unspecified atom stereocenters. The minimum absolute atomic E-state index is 0. The Morgan fingerprint density at radius 1 is 1.50 bits per heavy atom. The molecule has 0 fully saturated rings. The molecule has 0 bridgehead atoms. The standard InChI is InChI=1S/C14H20FN3O.HI/c1-2-12(10-18-14-16-7-4-8-17-14)19-13-6-3-5-11(15)9-13;/h3,5-6,9,12H,2,4,7-8,10H2,1H3,(H2,16,17,18);1H. The third-order valence-corrected chi connectivity index (χ3v) is 2.95. The van der Waals surface area contributed by atoms with Crippen LogP contribution in [0, 0.1) is 5.82 Å². The van der Waals surface area contributed by atoms with Gasteiger partial charge in [-0.05, 0) is 25.0 Å². The first-order valence-electron chi connectivity index (χ1n) is 6.72. The minimum Gasteiger partial charge on any atom is -0.489 e. The summed E-state index contributed by atoms with van der Waals surface area (Å²) in [6, 6.07) is 6.23. The summed E-state index contributed by atoms with van der Waals surface area (Å²) in [5.41, 5.74) is 0. The zero-order valence-electron chi connectivity index (χ0n) is 11.6. The van der Waals surface area contributed by atoms with Crippen LogP contribution in [-0.4, -0.2) is 31.7 Å². The fourth-order valence-corrected chi connectivity index (χ4v) is 1.86. The van der Waals surface area contributed by atoms with Gasteiger partial charge in [0, 0.05) is 19.2 Å². The molecule has 0 amide bonds. The summed E-state index contributed by atoms with van der Waals surface area (Å²) in [5, 5.41) is 6.42. The molecule has 20 heavy (non-hydrogen) atoms. The minimum atomic E-state index is -0.279. The lowest BCUT2D eigenvalue weighted by molar-refractivity contribution is 0.198. The predicted molar refractivity (Wildman–Crippen MR) is 89.4 cm³/mol. The first-order valence-corrected chi connectivity index (χ1v) is 6.72. The number of halogens is 2. The van der Waals surface area contributed by atoms with Gasteiger partial charge in [0.05, 0.1) is 6.54 Å². The maximum Gasteiger partial charge on any atom is 0.191 e. The van der Waals surface area contributed by atoms with Crippen molar-refractivity contribution in [2.24, 2.45) is 4.99 Å². The molecule has 1 aliphatic rings. The molecule has 2 N–H and O–H groups in total. The van der Waals surface area contributed by atoms with Crippen molar-refractivity contribution in [2.75, 3.05) is 19.6 Å². The van der Waals surface area contributed by atoms with E-state index in [0.29, 0.717) is 12.3 Å². The Kier molecular flexibility index (Phi) is 7.64. The molecule has 1 heterocycles. The molecule has 4 nitrogen and oxygen atoms in total. The van der Waals surface area contributed by atoms with Crippen molar-refractivity contribution in [1.29, 1.82) is 0 Å². The van der Waals surface area contributed by atoms with Gasteiger partial charge in [-0.2, -0.15) is 0 Å². The summed E-state index contributed by atoms with van der Waals surface area (Å²) in [7, 11) is 0. The highest BCUT2D eigenvalue weighted by molar-refractivity contribution is 14.0. The van der Waals surface area contributed by atoms with Crippen LogP contribution < -0.4 is 15.4 Å². The quantitative estimate of drug-likeness (QED) is 0.756. The molecule has 1 aliphatic heterocycles. The highest BCUT2D eigenvalue weighted by atomic mass is 127. The van der Waals surface area contributed by atoms with Crippen LogP contribution in [0.15, 0.2) is 29.3 Å². The van der Waals surface area contributed by atoms with E-state index in [1.165, 1.54) is 12.1 Å². The topological polar surface area (TPSA) is 45.7 Å². The number of hydrogen-bond acceptors (Lipinski definition) is 4. The Balaban J connectivity index is 0.00000200. The fraction of sp³-hybridized carbons (Fsp3) is 0.500. The van der Waals surface area contributed by atoms with Gasteiger partial charge in [0.2, 0.25) is 0 Å². The summed E-state index contributed by atoms with van der Waals surface area (Å²) in [5.74, 6) is 1.11. The van der Waals surface area contributed by atoms with Crippen molar-refractivity contribution in [1.82, 2.24) is 10.6 Å². The monoisotopic (exact) mass is 393 g/mol. The molecule has 1 aromatic carbocycles. The van der Waals surface area contributed by atoms with Crippen molar-refractivity contribution in [3.8, 4) is 5.75 Å². The van der Waals surface area contributed by atoms with Crippen LogP contribution in [0.2, 0.25) is 0 Å². The van der Waals surface area contributed by atoms with Crippen molar-refractivity contribution < 1.29 is 9.13 Å². The average molecular weight is 393 g/mol. The number of ether oxygens (including phenoxy) is 1. The number of hydrogen-bond donors (Lipinski definition) is 2. The van der Waals surface area contributed by atoms with Gasteiger partial charge in [0.1, 0.15) is 17.7 Å². The number of guanidine groups is 1. The van der Waals surface area contributed by atoms with Crippen LogP contribution in [0.4, 0.5) is 4.39 Å². The van der Waals surface area contributed by atoms with Crippen LogP contribution in [0.5, 0.6) is 5.75 Å². The van der Waals surface area contributed by atoms with Crippen LogP contribution in [0.1, 0.15) is 19.8 Å². The molecule has 112 valence electrons. The van der Waals surface area contributed by atoms with E-state index in [0.717, 1.165) is 31.9 Å². The molecule has 1 aromatic rings. The van der Waals surface area contributed by atoms with Gasteiger partial charge in [0.15, 0.2) is 5.96 Å². The summed E-state index contributed by atoms with van der Waals surface area (Å²) in [6.45, 7) is 4.50. The smallest absolute Gasteiger partial charge is 0.191 e. The van der Waals surface area contributed by atoms with Crippen LogP contribution in [0.25, 0.3) is 0 Å². The number of benzene rings is 1. The summed E-state index contributed by atoms with van der Waals surface area (Å²) in [6.07, 6.45) is 1.91. The van der Waals surface area contributed by atoms with Crippen LogP contribution in [-0.2, 0) is 0 Å². The molecule has 0 radical (unpaired) electrons. The predicted octanol–water partition coefficient (Wildman–Crippen LogP) is 2.54. The van der Waals surface area contributed by atoms with E-state index in [2.05, 4.69) is 15.6 Å². The van der Waals surface area contributed by atoms with Gasteiger partial charge in [-0.15, -0.1) is 24.0 Å². The summed E-state index contributed by atoms with van der Waals surface area (Å²) in [4.78, 5) is 4.34. The largest absolute Gasteiger partial charge is 0.489 e. The maximum atomic E-state index is 13.1. The number of nitrogens with zero attached hydrogens (tertiary/aromatic N) is 1. The SMILES string of the molecule is CCC(CNC1=NCCCN1)Oc1cccc(F)c1.I. The molecule has 2 rings (SSSR count). The van der Waals surface area contributed by atoms with Crippen LogP contribution in [0.3, 0.4) is 0 Å². The molecule has 1 atom stereocenters. The molecule has 0 spiro atoms. The van der Waals surface area contributed by atoms with Gasteiger partial charge in [-0.3, -0.25) is 4.99 Å². The average Bonchev–Trinajstić information content (AvgIpc) is 2.44. The Hall–Kier alpha value is -1.05. The van der Waals surface area contributed by atoms with Crippen molar-refractivity contribution in [3.05, 3.63) is 30.1 Å². The van der Waals surface area contributed by atoms with Gasteiger partial charge >= 0.3 is 0 Å². The zero-order chi connectivity index (χ0) is 13.5. The number of aliphatic imine (C=N–C) groups is 1. The normalized spacial score (nSPS) is 15.4. The number of rotatable bonds is 5. The lowest BCUT2D eigenvalue weighted by Crippen LogP contribution is -2.44. The van der Waals surface area contributed by atoms with E-state index < -0.39 is 0 Å². The fourth-order valence-electron chi connectivity index (χ4n) is 1.86.